The first kappa shape index (κ1) is 30.2. The van der Waals surface area contributed by atoms with Crippen LogP contribution in [0.25, 0.3) is 22.3 Å². The maximum Gasteiger partial charge on any atom is 0.221 e. The number of pyridine rings is 2. The quantitative estimate of drug-likeness (QED) is 0.125. The van der Waals surface area contributed by atoms with Gasteiger partial charge in [0.1, 0.15) is 40.2 Å². The highest BCUT2D eigenvalue weighted by Crippen LogP contribution is 2.32. The number of ether oxygens (including phenoxy) is 2. The van der Waals surface area contributed by atoms with Gasteiger partial charge in [-0.3, -0.25) is 9.97 Å². The van der Waals surface area contributed by atoms with E-state index in [2.05, 4.69) is 30.2 Å². The van der Waals surface area contributed by atoms with Crippen molar-refractivity contribution >= 4 is 60.5 Å². The van der Waals surface area contributed by atoms with Gasteiger partial charge in [0.15, 0.2) is 0 Å². The van der Waals surface area contributed by atoms with E-state index in [4.69, 9.17) is 21.1 Å². The Morgan fingerprint density at radius 2 is 1.87 bits per heavy atom. The number of aromatic nitrogens is 5. The molecule has 0 amide bonds. The summed E-state index contributed by atoms with van der Waals surface area (Å²) in [6.45, 7) is 0.157. The molecule has 6 aromatic rings. The van der Waals surface area contributed by atoms with Crippen LogP contribution < -0.4 is 10.1 Å². The Kier molecular flexibility index (Phi) is 9.31. The first-order valence-electron chi connectivity index (χ1n) is 13.4. The fourth-order valence-corrected chi connectivity index (χ4v) is 5.71. The SMILES string of the molecule is O=S(=O)=C(COCc1nc(-c2cc3c(Nc4ccc(OCc5cccc(F)c5)c(Cl)c4)ncnc3cn2)cs1)c1ccccn1. The normalized spacial score (nSPS) is 11.0. The van der Waals surface area contributed by atoms with E-state index < -0.39 is 10.3 Å². The zero-order valence-corrected chi connectivity index (χ0v) is 25.6. The van der Waals surface area contributed by atoms with E-state index in [9.17, 15) is 12.8 Å². The second-order valence-corrected chi connectivity index (χ2v) is 11.8. The van der Waals surface area contributed by atoms with E-state index in [-0.39, 0.29) is 30.5 Å². The molecule has 0 spiro atoms. The Bertz CT molecular complexity index is 2120. The van der Waals surface area contributed by atoms with Gasteiger partial charge in [-0.25, -0.2) is 19.3 Å². The van der Waals surface area contributed by atoms with Crippen LogP contribution in [0.15, 0.2) is 90.8 Å². The second-order valence-electron chi connectivity index (χ2n) is 9.49. The summed E-state index contributed by atoms with van der Waals surface area (Å²) in [5.74, 6) is 0.666. The number of hydrogen-bond acceptors (Lipinski definition) is 11. The molecule has 0 atom stereocenters. The molecule has 2 aromatic carbocycles. The fourth-order valence-electron chi connectivity index (χ4n) is 4.28. The Morgan fingerprint density at radius 1 is 0.956 bits per heavy atom. The average molecular weight is 661 g/mol. The maximum absolute atomic E-state index is 13.5. The van der Waals surface area contributed by atoms with E-state index in [0.29, 0.717) is 60.8 Å². The third-order valence-corrected chi connectivity index (χ3v) is 8.27. The van der Waals surface area contributed by atoms with Crippen LogP contribution in [0.5, 0.6) is 5.75 Å². The predicted octanol–water partition coefficient (Wildman–Crippen LogP) is 6.27. The summed E-state index contributed by atoms with van der Waals surface area (Å²) < 4.78 is 48.3. The van der Waals surface area contributed by atoms with Crippen molar-refractivity contribution in [1.82, 2.24) is 24.9 Å². The Morgan fingerprint density at radius 3 is 2.67 bits per heavy atom. The molecule has 4 heterocycles. The second kappa shape index (κ2) is 13.9. The lowest BCUT2D eigenvalue weighted by atomic mass is 10.2. The summed E-state index contributed by atoms with van der Waals surface area (Å²) in [7, 11) is -2.47. The van der Waals surface area contributed by atoms with Gasteiger partial charge in [-0.1, -0.05) is 29.8 Å². The summed E-state index contributed by atoms with van der Waals surface area (Å²) in [6.07, 6.45) is 4.60. The highest BCUT2D eigenvalue weighted by atomic mass is 35.5. The molecule has 0 fully saturated rings. The molecule has 0 unspecified atom stereocenters. The fraction of sp³-hybridized carbons (Fsp3) is 0.0968. The van der Waals surface area contributed by atoms with Gasteiger partial charge in [0.25, 0.3) is 0 Å². The zero-order valence-electron chi connectivity index (χ0n) is 23.2. The van der Waals surface area contributed by atoms with Crippen molar-refractivity contribution in [2.45, 2.75) is 13.2 Å². The van der Waals surface area contributed by atoms with Crippen molar-refractivity contribution < 1.29 is 22.3 Å². The molecule has 0 aliphatic heterocycles. The van der Waals surface area contributed by atoms with Crippen molar-refractivity contribution in [3.05, 3.63) is 118 Å². The van der Waals surface area contributed by atoms with Crippen LogP contribution in [0.2, 0.25) is 5.02 Å². The number of halogens is 2. The summed E-state index contributed by atoms with van der Waals surface area (Å²) in [5.41, 5.74) is 3.55. The van der Waals surface area contributed by atoms with Gasteiger partial charge in [-0.2, -0.15) is 8.42 Å². The first-order chi connectivity index (χ1) is 21.9. The maximum atomic E-state index is 13.5. The van der Waals surface area contributed by atoms with Crippen molar-refractivity contribution in [2.24, 2.45) is 0 Å². The third-order valence-electron chi connectivity index (χ3n) is 6.42. The van der Waals surface area contributed by atoms with Crippen molar-refractivity contribution in [1.29, 1.82) is 0 Å². The van der Waals surface area contributed by atoms with Gasteiger partial charge in [0, 0.05) is 22.7 Å². The average Bonchev–Trinajstić information content (AvgIpc) is 3.52. The van der Waals surface area contributed by atoms with Gasteiger partial charge in [0.2, 0.25) is 10.3 Å². The Hall–Kier alpha value is -4.82. The largest absolute Gasteiger partial charge is 0.487 e. The molecule has 45 heavy (non-hydrogen) atoms. The topological polar surface area (TPSA) is 129 Å². The molecule has 226 valence electrons. The lowest BCUT2D eigenvalue weighted by molar-refractivity contribution is 0.159. The number of nitrogens with one attached hydrogen (secondary N) is 1. The van der Waals surface area contributed by atoms with Gasteiger partial charge in [-0.05, 0) is 54.1 Å². The minimum Gasteiger partial charge on any atom is -0.487 e. The van der Waals surface area contributed by atoms with Crippen LogP contribution in [0, 0.1) is 5.82 Å². The summed E-state index contributed by atoms with van der Waals surface area (Å²) in [4.78, 5) is 22.0. The van der Waals surface area contributed by atoms with Crippen LogP contribution in [-0.2, 0) is 28.2 Å². The van der Waals surface area contributed by atoms with E-state index in [0.717, 1.165) is 0 Å². The lowest BCUT2D eigenvalue weighted by Gasteiger charge is -2.12. The number of hydrogen-bond donors (Lipinski definition) is 1. The first-order valence-corrected chi connectivity index (χ1v) is 15.7. The van der Waals surface area contributed by atoms with Crippen LogP contribution >= 0.6 is 22.9 Å². The minimum atomic E-state index is -2.47. The van der Waals surface area contributed by atoms with Crippen LogP contribution in [-0.4, -0.2) is 44.8 Å². The molecular weight excluding hydrogens is 639 g/mol. The number of anilines is 2. The van der Waals surface area contributed by atoms with Crippen molar-refractivity contribution in [2.75, 3.05) is 11.9 Å². The minimum absolute atomic E-state index is 0.0657. The highest BCUT2D eigenvalue weighted by molar-refractivity contribution is 7.73. The summed E-state index contributed by atoms with van der Waals surface area (Å²) in [5, 5.41) is 6.87. The van der Waals surface area contributed by atoms with Crippen LogP contribution in [0.4, 0.5) is 15.9 Å². The summed E-state index contributed by atoms with van der Waals surface area (Å²) in [6, 6.07) is 18.3. The number of thiazole rings is 1. The van der Waals surface area contributed by atoms with Crippen LogP contribution in [0.3, 0.4) is 0 Å². The van der Waals surface area contributed by atoms with Gasteiger partial charge in [-0.15, -0.1) is 11.3 Å². The van der Waals surface area contributed by atoms with Crippen molar-refractivity contribution in [3.63, 3.8) is 0 Å². The smallest absolute Gasteiger partial charge is 0.221 e. The number of benzene rings is 2. The molecule has 14 heteroatoms. The van der Waals surface area contributed by atoms with Crippen LogP contribution in [0.1, 0.15) is 16.3 Å². The Balaban J connectivity index is 1.14. The molecule has 6 rings (SSSR count). The molecule has 0 bridgehead atoms. The summed E-state index contributed by atoms with van der Waals surface area (Å²) >= 11 is 7.86. The third kappa shape index (κ3) is 7.46. The predicted molar refractivity (Wildman–Crippen MR) is 171 cm³/mol. The van der Waals surface area contributed by atoms with E-state index in [1.54, 1.807) is 54.7 Å². The standard InChI is InChI=1S/C31H22ClFN6O4S2/c32-23-11-21(7-8-28(23)43-14-19-4-3-5-20(33)10-19)38-31-22-12-25(35-13-26(22)36-18-37-31)27-17-44-30(39-27)16-42-15-29(45(40)41)24-6-1-2-9-34-24/h1-13,17-18H,14-16H2,(H,36,37,38). The lowest BCUT2D eigenvalue weighted by Crippen LogP contribution is -2.13. The zero-order chi connectivity index (χ0) is 31.2. The van der Waals surface area contributed by atoms with Gasteiger partial charge < -0.3 is 14.8 Å². The molecule has 0 aliphatic rings. The molecule has 0 radical (unpaired) electrons. The van der Waals surface area contributed by atoms with Gasteiger partial charge in [0.05, 0.1) is 47.0 Å². The molecule has 1 N–H and O–H groups in total. The number of nitrogens with zero attached hydrogens (tertiary/aromatic N) is 5. The molecule has 0 saturated heterocycles. The number of rotatable bonds is 11. The molecule has 0 aliphatic carbocycles. The molecule has 10 nitrogen and oxygen atoms in total. The van der Waals surface area contributed by atoms with E-state index >= 15 is 0 Å². The highest BCUT2D eigenvalue weighted by Gasteiger charge is 2.13. The molecular formula is C31H22ClFN6O4S2. The van der Waals surface area contributed by atoms with Gasteiger partial charge >= 0.3 is 0 Å². The molecule has 4 aromatic heterocycles. The monoisotopic (exact) mass is 660 g/mol. The molecule has 0 saturated carbocycles. The number of fused-ring (bicyclic) bond motifs is 1. The van der Waals surface area contributed by atoms with Crippen molar-refractivity contribution in [3.8, 4) is 17.1 Å². The van der Waals surface area contributed by atoms with E-state index in [1.807, 2.05) is 11.4 Å². The van der Waals surface area contributed by atoms with E-state index in [1.165, 1.54) is 36.0 Å². The Labute approximate surface area is 267 Å².